The molecule has 0 bridgehead atoms. The summed E-state index contributed by atoms with van der Waals surface area (Å²) >= 11 is 0. The van der Waals surface area contributed by atoms with E-state index in [1.165, 1.54) is 0 Å². The molecule has 0 radical (unpaired) electrons. The van der Waals surface area contributed by atoms with Gasteiger partial charge in [-0.15, -0.1) is 0 Å². The largest absolute Gasteiger partial charge is 0.497 e. The molecule has 3 aromatic rings. The molecule has 3 aromatic carbocycles. The summed E-state index contributed by atoms with van der Waals surface area (Å²) in [5, 5.41) is 5.57. The number of hydrogen-bond donors (Lipinski definition) is 2. The van der Waals surface area contributed by atoms with Gasteiger partial charge < -0.3 is 20.1 Å². The van der Waals surface area contributed by atoms with Crippen LogP contribution in [0, 0.1) is 20.8 Å². The Morgan fingerprint density at radius 1 is 0.829 bits per heavy atom. The van der Waals surface area contributed by atoms with Crippen LogP contribution in [0.3, 0.4) is 0 Å². The number of amides is 2. The van der Waals surface area contributed by atoms with Crippen molar-refractivity contribution in [3.05, 3.63) is 88.5 Å². The molecule has 0 unspecified atom stereocenters. The van der Waals surface area contributed by atoms with Crippen molar-refractivity contribution in [2.24, 2.45) is 0 Å². The van der Waals surface area contributed by atoms with E-state index < -0.39 is 18.5 Å². The summed E-state index contributed by atoms with van der Waals surface area (Å²) in [5.74, 6) is -0.606. The predicted octanol–water partition coefficient (Wildman–Crippen LogP) is 4.99. The molecule has 7 nitrogen and oxygen atoms in total. The Morgan fingerprint density at radius 3 is 2.14 bits per heavy atom. The Morgan fingerprint density at radius 2 is 1.49 bits per heavy atom. The Bertz CT molecular complexity index is 1200. The monoisotopic (exact) mass is 474 g/mol. The highest BCUT2D eigenvalue weighted by atomic mass is 16.5. The zero-order valence-electron chi connectivity index (χ0n) is 20.4. The number of ether oxygens (including phenoxy) is 2. The highest BCUT2D eigenvalue weighted by Crippen LogP contribution is 2.22. The molecule has 0 saturated carbocycles. The van der Waals surface area contributed by atoms with Gasteiger partial charge >= 0.3 is 5.97 Å². The number of esters is 1. The molecule has 0 saturated heterocycles. The van der Waals surface area contributed by atoms with Gasteiger partial charge in [-0.1, -0.05) is 42.0 Å². The molecular weight excluding hydrogens is 444 g/mol. The second-order valence-electron chi connectivity index (χ2n) is 8.34. The fourth-order valence-corrected chi connectivity index (χ4v) is 3.79. The number of methoxy groups -OCH3 is 1. The Kier molecular flexibility index (Phi) is 8.62. The zero-order valence-corrected chi connectivity index (χ0v) is 20.4. The maximum absolute atomic E-state index is 12.7. The highest BCUT2D eigenvalue weighted by molar-refractivity contribution is 6.02. The normalized spacial score (nSPS) is 10.4. The van der Waals surface area contributed by atoms with Gasteiger partial charge in [-0.3, -0.25) is 9.59 Å². The van der Waals surface area contributed by atoms with Crippen LogP contribution in [0.2, 0.25) is 0 Å². The maximum atomic E-state index is 12.7. The molecule has 0 aromatic heterocycles. The SMILES string of the molecule is COc1ccc(CCC(=O)Nc2ccccc2C(=O)OCC(=O)Nc2c(C)cc(C)cc2C)cc1. The van der Waals surface area contributed by atoms with Crippen LogP contribution in [0.5, 0.6) is 5.75 Å². The van der Waals surface area contributed by atoms with Crippen LogP contribution < -0.4 is 15.4 Å². The van der Waals surface area contributed by atoms with Crippen molar-refractivity contribution >= 4 is 29.2 Å². The van der Waals surface area contributed by atoms with Gasteiger partial charge in [0.1, 0.15) is 5.75 Å². The van der Waals surface area contributed by atoms with Gasteiger partial charge in [0.2, 0.25) is 5.91 Å². The summed E-state index contributed by atoms with van der Waals surface area (Å²) in [6.07, 6.45) is 0.786. The molecule has 7 heteroatoms. The first-order valence-corrected chi connectivity index (χ1v) is 11.3. The van der Waals surface area contributed by atoms with E-state index in [-0.39, 0.29) is 17.9 Å². The van der Waals surface area contributed by atoms with E-state index in [4.69, 9.17) is 9.47 Å². The fraction of sp³-hybridized carbons (Fsp3) is 0.250. The van der Waals surface area contributed by atoms with Crippen molar-refractivity contribution in [1.29, 1.82) is 0 Å². The number of rotatable bonds is 9. The quantitative estimate of drug-likeness (QED) is 0.426. The van der Waals surface area contributed by atoms with Crippen LogP contribution in [0.4, 0.5) is 11.4 Å². The van der Waals surface area contributed by atoms with Gasteiger partial charge in [-0.25, -0.2) is 4.79 Å². The van der Waals surface area contributed by atoms with Gasteiger partial charge in [-0.2, -0.15) is 0 Å². The minimum atomic E-state index is -0.691. The Balaban J connectivity index is 1.56. The minimum Gasteiger partial charge on any atom is -0.497 e. The van der Waals surface area contributed by atoms with Crippen LogP contribution in [-0.4, -0.2) is 31.5 Å². The van der Waals surface area contributed by atoms with E-state index in [0.29, 0.717) is 17.8 Å². The molecule has 0 spiro atoms. The van der Waals surface area contributed by atoms with E-state index in [1.807, 2.05) is 57.2 Å². The molecule has 2 N–H and O–H groups in total. The predicted molar refractivity (Wildman–Crippen MR) is 136 cm³/mol. The van der Waals surface area contributed by atoms with E-state index in [0.717, 1.165) is 28.0 Å². The lowest BCUT2D eigenvalue weighted by molar-refractivity contribution is -0.119. The van der Waals surface area contributed by atoms with E-state index in [1.54, 1.807) is 31.4 Å². The third-order valence-electron chi connectivity index (χ3n) is 5.50. The Hall–Kier alpha value is -4.13. The molecule has 0 atom stereocenters. The van der Waals surface area contributed by atoms with Crippen molar-refractivity contribution in [3.8, 4) is 5.75 Å². The zero-order chi connectivity index (χ0) is 25.4. The standard InChI is InChI=1S/C28H30N2O5/c1-18-15-19(2)27(20(3)16-18)30-26(32)17-35-28(33)23-7-5-6-8-24(23)29-25(31)14-11-21-9-12-22(34-4)13-10-21/h5-10,12-13,15-16H,11,14,17H2,1-4H3,(H,29,31)(H,30,32). The smallest absolute Gasteiger partial charge is 0.340 e. The van der Waals surface area contributed by atoms with Crippen molar-refractivity contribution in [1.82, 2.24) is 0 Å². The van der Waals surface area contributed by atoms with Crippen molar-refractivity contribution in [3.63, 3.8) is 0 Å². The summed E-state index contributed by atoms with van der Waals surface area (Å²) in [5.41, 5.74) is 5.20. The Labute approximate surface area is 205 Å². The minimum absolute atomic E-state index is 0.181. The number of para-hydroxylation sites is 1. The third-order valence-corrected chi connectivity index (χ3v) is 5.50. The van der Waals surface area contributed by atoms with Crippen LogP contribution in [0.25, 0.3) is 0 Å². The second kappa shape index (κ2) is 11.8. The van der Waals surface area contributed by atoms with Crippen LogP contribution in [-0.2, 0) is 20.7 Å². The maximum Gasteiger partial charge on any atom is 0.340 e. The van der Waals surface area contributed by atoms with Crippen molar-refractivity contribution < 1.29 is 23.9 Å². The lowest BCUT2D eigenvalue weighted by Crippen LogP contribution is -2.23. The number of hydrogen-bond acceptors (Lipinski definition) is 5. The highest BCUT2D eigenvalue weighted by Gasteiger charge is 2.17. The lowest BCUT2D eigenvalue weighted by atomic mass is 10.1. The van der Waals surface area contributed by atoms with Crippen LogP contribution in [0.15, 0.2) is 60.7 Å². The number of anilines is 2. The molecule has 0 heterocycles. The fourth-order valence-electron chi connectivity index (χ4n) is 3.79. The first-order chi connectivity index (χ1) is 16.8. The average Bonchev–Trinajstić information content (AvgIpc) is 2.84. The van der Waals surface area contributed by atoms with Gasteiger partial charge in [-0.05, 0) is 68.1 Å². The first kappa shape index (κ1) is 25.5. The van der Waals surface area contributed by atoms with Crippen molar-refractivity contribution in [2.75, 3.05) is 24.4 Å². The number of nitrogens with one attached hydrogen (secondary N) is 2. The summed E-state index contributed by atoms with van der Waals surface area (Å²) in [6, 6.07) is 18.0. The second-order valence-corrected chi connectivity index (χ2v) is 8.34. The number of aryl methyl sites for hydroxylation is 4. The van der Waals surface area contributed by atoms with E-state index in [9.17, 15) is 14.4 Å². The summed E-state index contributed by atoms with van der Waals surface area (Å²) < 4.78 is 10.4. The van der Waals surface area contributed by atoms with Gasteiger partial charge in [0.05, 0.1) is 18.4 Å². The molecule has 0 fully saturated rings. The summed E-state index contributed by atoms with van der Waals surface area (Å²) in [6.45, 7) is 5.37. The topological polar surface area (TPSA) is 93.7 Å². The van der Waals surface area contributed by atoms with Crippen LogP contribution >= 0.6 is 0 Å². The van der Waals surface area contributed by atoms with Crippen molar-refractivity contribution in [2.45, 2.75) is 33.6 Å². The van der Waals surface area contributed by atoms with E-state index >= 15 is 0 Å². The van der Waals surface area contributed by atoms with Gasteiger partial charge in [0.25, 0.3) is 5.91 Å². The third kappa shape index (κ3) is 7.17. The van der Waals surface area contributed by atoms with Gasteiger partial charge in [0.15, 0.2) is 6.61 Å². The number of carbonyl (C=O) groups excluding carboxylic acids is 3. The molecule has 0 aliphatic heterocycles. The molecule has 3 rings (SSSR count). The summed E-state index contributed by atoms with van der Waals surface area (Å²) in [7, 11) is 1.60. The lowest BCUT2D eigenvalue weighted by Gasteiger charge is -2.14. The molecular formula is C28H30N2O5. The van der Waals surface area contributed by atoms with Gasteiger partial charge in [0, 0.05) is 12.1 Å². The first-order valence-electron chi connectivity index (χ1n) is 11.3. The molecule has 0 aliphatic rings. The average molecular weight is 475 g/mol. The van der Waals surface area contributed by atoms with E-state index in [2.05, 4.69) is 10.6 Å². The molecule has 0 aliphatic carbocycles. The number of carbonyl (C=O) groups is 3. The molecule has 182 valence electrons. The molecule has 35 heavy (non-hydrogen) atoms. The molecule has 2 amide bonds. The van der Waals surface area contributed by atoms with Crippen LogP contribution in [0.1, 0.15) is 39.0 Å². The summed E-state index contributed by atoms with van der Waals surface area (Å²) in [4.78, 5) is 37.5. The number of benzene rings is 3.